The van der Waals surface area contributed by atoms with Crippen molar-refractivity contribution in [1.82, 2.24) is 0 Å². The molecule has 1 N–H and O–H groups in total. The Morgan fingerprint density at radius 2 is 1.82 bits per heavy atom. The number of halogens is 1. The van der Waals surface area contributed by atoms with Gasteiger partial charge in [0.15, 0.2) is 0 Å². The van der Waals surface area contributed by atoms with Crippen molar-refractivity contribution in [2.24, 2.45) is 0 Å². The maximum atomic E-state index is 9.18. The summed E-state index contributed by atoms with van der Waals surface area (Å²) in [7, 11) is 0. The van der Waals surface area contributed by atoms with Gasteiger partial charge in [-0.1, -0.05) is 23.4 Å². The number of hydrogen-bond acceptors (Lipinski definition) is 3. The first-order valence-corrected chi connectivity index (χ1v) is 6.05. The van der Waals surface area contributed by atoms with E-state index in [1.807, 2.05) is 0 Å². The fourth-order valence-electron chi connectivity index (χ4n) is 1.31. The van der Waals surface area contributed by atoms with Gasteiger partial charge in [-0.15, -0.1) is 0 Å². The van der Waals surface area contributed by atoms with E-state index in [9.17, 15) is 5.11 Å². The molecule has 4 heteroatoms. The van der Waals surface area contributed by atoms with Crippen LogP contribution in [-0.4, -0.2) is 5.11 Å². The second kappa shape index (κ2) is 5.13. The number of aromatic hydroxyl groups is 1. The van der Waals surface area contributed by atoms with Crippen molar-refractivity contribution in [1.29, 1.82) is 5.26 Å². The molecule has 2 nitrogen and oxygen atoms in total. The highest BCUT2D eigenvalue weighted by Gasteiger charge is 2.05. The zero-order valence-electron chi connectivity index (χ0n) is 8.72. The summed E-state index contributed by atoms with van der Waals surface area (Å²) in [5.41, 5.74) is 0.590. The van der Waals surface area contributed by atoms with E-state index >= 15 is 0 Å². The van der Waals surface area contributed by atoms with Crippen LogP contribution >= 0.6 is 23.4 Å². The quantitative estimate of drug-likeness (QED) is 0.886. The van der Waals surface area contributed by atoms with Crippen molar-refractivity contribution < 1.29 is 5.11 Å². The molecular weight excluding hydrogens is 254 g/mol. The fraction of sp³-hybridized carbons (Fsp3) is 0. The van der Waals surface area contributed by atoms with E-state index in [2.05, 4.69) is 6.07 Å². The molecule has 2 rings (SSSR count). The largest absolute Gasteiger partial charge is 0.508 e. The summed E-state index contributed by atoms with van der Waals surface area (Å²) in [6.07, 6.45) is 0. The summed E-state index contributed by atoms with van der Waals surface area (Å²) < 4.78 is 0. The molecule has 84 valence electrons. The van der Waals surface area contributed by atoms with E-state index < -0.39 is 0 Å². The molecule has 0 spiro atoms. The highest BCUT2D eigenvalue weighted by Crippen LogP contribution is 2.32. The molecule has 0 saturated carbocycles. The Morgan fingerprint density at radius 1 is 1.12 bits per heavy atom. The van der Waals surface area contributed by atoms with Gasteiger partial charge in [-0.3, -0.25) is 0 Å². The van der Waals surface area contributed by atoms with Gasteiger partial charge in [0, 0.05) is 14.8 Å². The zero-order chi connectivity index (χ0) is 12.3. The normalized spacial score (nSPS) is 9.88. The third-order valence-electron chi connectivity index (χ3n) is 2.13. The first kappa shape index (κ1) is 11.8. The van der Waals surface area contributed by atoms with E-state index in [0.717, 1.165) is 9.79 Å². The molecule has 0 amide bonds. The molecule has 0 bridgehead atoms. The van der Waals surface area contributed by atoms with Crippen LogP contribution in [0, 0.1) is 11.3 Å². The van der Waals surface area contributed by atoms with E-state index in [1.165, 1.54) is 11.8 Å². The van der Waals surface area contributed by atoms with Gasteiger partial charge in [-0.25, -0.2) is 0 Å². The standard InChI is InChI=1S/C13H8ClNOS/c14-10-2-1-9(8-15)13(7-10)17-12-5-3-11(16)4-6-12/h1-7,16H. The van der Waals surface area contributed by atoms with Crippen LogP contribution < -0.4 is 0 Å². The second-order valence-electron chi connectivity index (χ2n) is 3.35. The van der Waals surface area contributed by atoms with Crippen LogP contribution in [-0.2, 0) is 0 Å². The van der Waals surface area contributed by atoms with Crippen molar-refractivity contribution in [2.75, 3.05) is 0 Å². The minimum absolute atomic E-state index is 0.223. The van der Waals surface area contributed by atoms with Crippen molar-refractivity contribution in [3.05, 3.63) is 53.1 Å². The lowest BCUT2D eigenvalue weighted by molar-refractivity contribution is 0.475. The van der Waals surface area contributed by atoms with Crippen LogP contribution in [0.15, 0.2) is 52.3 Å². The van der Waals surface area contributed by atoms with Crippen molar-refractivity contribution in [3.8, 4) is 11.8 Å². The van der Waals surface area contributed by atoms with Crippen LogP contribution in [0.1, 0.15) is 5.56 Å². The van der Waals surface area contributed by atoms with Gasteiger partial charge < -0.3 is 5.11 Å². The summed E-state index contributed by atoms with van der Waals surface area (Å²) in [4.78, 5) is 1.76. The number of nitriles is 1. The molecule has 2 aromatic rings. The molecule has 0 heterocycles. The Bertz CT molecular complexity index is 575. The van der Waals surface area contributed by atoms with Gasteiger partial charge in [-0.2, -0.15) is 5.26 Å². The van der Waals surface area contributed by atoms with Crippen LogP contribution in [0.3, 0.4) is 0 Å². The average molecular weight is 262 g/mol. The third-order valence-corrected chi connectivity index (χ3v) is 3.43. The van der Waals surface area contributed by atoms with Gasteiger partial charge in [0.05, 0.1) is 5.56 Å². The highest BCUT2D eigenvalue weighted by atomic mass is 35.5. The third kappa shape index (κ3) is 2.94. The van der Waals surface area contributed by atoms with Gasteiger partial charge in [0.1, 0.15) is 11.8 Å². The molecule has 0 aromatic heterocycles. The molecular formula is C13H8ClNOS. The summed E-state index contributed by atoms with van der Waals surface area (Å²) in [6, 6.07) is 14.1. The predicted molar refractivity (Wildman–Crippen MR) is 68.4 cm³/mol. The van der Waals surface area contributed by atoms with E-state index in [1.54, 1.807) is 42.5 Å². The van der Waals surface area contributed by atoms with Gasteiger partial charge in [0.25, 0.3) is 0 Å². The van der Waals surface area contributed by atoms with Crippen LogP contribution in [0.25, 0.3) is 0 Å². The van der Waals surface area contributed by atoms with Gasteiger partial charge in [-0.05, 0) is 42.5 Å². The summed E-state index contributed by atoms with van der Waals surface area (Å²) in [6.45, 7) is 0. The Kier molecular flexibility index (Phi) is 3.58. The first-order chi connectivity index (χ1) is 8.19. The first-order valence-electron chi connectivity index (χ1n) is 4.85. The zero-order valence-corrected chi connectivity index (χ0v) is 10.3. The Balaban J connectivity index is 2.32. The van der Waals surface area contributed by atoms with Crippen molar-refractivity contribution in [2.45, 2.75) is 9.79 Å². The number of phenols is 1. The number of hydrogen-bond donors (Lipinski definition) is 1. The minimum atomic E-state index is 0.223. The van der Waals surface area contributed by atoms with E-state index in [4.69, 9.17) is 16.9 Å². The Hall–Kier alpha value is -1.63. The van der Waals surface area contributed by atoms with E-state index in [-0.39, 0.29) is 5.75 Å². The molecule has 0 aliphatic carbocycles. The van der Waals surface area contributed by atoms with Gasteiger partial charge in [0.2, 0.25) is 0 Å². The Labute approximate surface area is 108 Å². The fourth-order valence-corrected chi connectivity index (χ4v) is 2.49. The van der Waals surface area contributed by atoms with E-state index in [0.29, 0.717) is 10.6 Å². The number of benzene rings is 2. The maximum Gasteiger partial charge on any atom is 0.115 e. The lowest BCUT2D eigenvalue weighted by Crippen LogP contribution is -1.81. The molecule has 0 saturated heterocycles. The number of rotatable bonds is 2. The molecule has 0 atom stereocenters. The molecule has 0 aliphatic heterocycles. The Morgan fingerprint density at radius 3 is 2.47 bits per heavy atom. The molecule has 0 unspecified atom stereocenters. The monoisotopic (exact) mass is 261 g/mol. The van der Waals surface area contributed by atoms with Crippen LogP contribution in [0.2, 0.25) is 5.02 Å². The van der Waals surface area contributed by atoms with Crippen LogP contribution in [0.5, 0.6) is 5.75 Å². The number of phenolic OH excluding ortho intramolecular Hbond substituents is 1. The minimum Gasteiger partial charge on any atom is -0.508 e. The molecule has 0 aliphatic rings. The summed E-state index contributed by atoms with van der Waals surface area (Å²) >= 11 is 7.35. The molecule has 0 radical (unpaired) electrons. The predicted octanol–water partition coefficient (Wildman–Crippen LogP) is 4.07. The maximum absolute atomic E-state index is 9.18. The highest BCUT2D eigenvalue weighted by molar-refractivity contribution is 7.99. The van der Waals surface area contributed by atoms with Crippen molar-refractivity contribution in [3.63, 3.8) is 0 Å². The number of nitrogens with zero attached hydrogens (tertiary/aromatic N) is 1. The lowest BCUT2D eigenvalue weighted by Gasteiger charge is -2.04. The molecule has 17 heavy (non-hydrogen) atoms. The topological polar surface area (TPSA) is 44.0 Å². The second-order valence-corrected chi connectivity index (χ2v) is 4.90. The molecule has 0 fully saturated rings. The van der Waals surface area contributed by atoms with Crippen LogP contribution in [0.4, 0.5) is 0 Å². The average Bonchev–Trinajstić information content (AvgIpc) is 2.32. The smallest absolute Gasteiger partial charge is 0.115 e. The van der Waals surface area contributed by atoms with Crippen molar-refractivity contribution >= 4 is 23.4 Å². The lowest BCUT2D eigenvalue weighted by atomic mass is 10.2. The van der Waals surface area contributed by atoms with Gasteiger partial charge >= 0.3 is 0 Å². The summed E-state index contributed by atoms with van der Waals surface area (Å²) in [5, 5.41) is 18.8. The SMILES string of the molecule is N#Cc1ccc(Cl)cc1Sc1ccc(O)cc1. The summed E-state index contributed by atoms with van der Waals surface area (Å²) in [5.74, 6) is 0.223. The molecule has 2 aromatic carbocycles.